The van der Waals surface area contributed by atoms with Crippen molar-refractivity contribution >= 4 is 39.7 Å². The molecule has 2 rings (SSSR count). The van der Waals surface area contributed by atoms with E-state index in [0.717, 1.165) is 16.0 Å². The Bertz CT molecular complexity index is 499. The van der Waals surface area contributed by atoms with Gasteiger partial charge in [0.1, 0.15) is 0 Å². The minimum absolute atomic E-state index is 0.216. The van der Waals surface area contributed by atoms with Crippen molar-refractivity contribution in [3.63, 3.8) is 0 Å². The van der Waals surface area contributed by atoms with Gasteiger partial charge < -0.3 is 0 Å². The molecule has 0 atom stereocenters. The second-order valence-corrected chi connectivity index (χ2v) is 5.82. The Kier molecular flexibility index (Phi) is 3.76. The Labute approximate surface area is 113 Å². The van der Waals surface area contributed by atoms with Crippen molar-refractivity contribution in [1.82, 2.24) is 0 Å². The average molecular weight is 342 g/mol. The number of halogens is 1. The van der Waals surface area contributed by atoms with Gasteiger partial charge in [0.15, 0.2) is 5.78 Å². The predicted molar refractivity (Wildman–Crippen MR) is 76.2 cm³/mol. The highest BCUT2D eigenvalue weighted by atomic mass is 127. The Hall–Kier alpha value is -0.680. The first kappa shape index (κ1) is 11.8. The third-order valence-electron chi connectivity index (χ3n) is 2.39. The van der Waals surface area contributed by atoms with Crippen LogP contribution in [0.15, 0.2) is 35.7 Å². The maximum Gasteiger partial charge on any atom is 0.177 e. The minimum Gasteiger partial charge on any atom is -0.293 e. The molecule has 0 aliphatic heterocycles. The highest BCUT2D eigenvalue weighted by Gasteiger charge is 2.10. The molecule has 0 spiro atoms. The number of carbonyl (C=O) groups is 1. The average Bonchev–Trinajstić information content (AvgIpc) is 2.68. The molecule has 0 aliphatic rings. The molecule has 0 saturated heterocycles. The second kappa shape index (κ2) is 5.10. The number of carbonyl (C=O) groups excluding carboxylic acids is 1. The van der Waals surface area contributed by atoms with Crippen LogP contribution in [0.4, 0.5) is 0 Å². The molecule has 0 saturated carbocycles. The Balaban J connectivity index is 2.14. The third-order valence-corrected chi connectivity index (χ3v) is 4.17. The molecular weight excluding hydrogens is 331 g/mol. The number of aryl methyl sites for hydroxylation is 1. The fourth-order valence-corrected chi connectivity index (χ4v) is 2.75. The molecule has 16 heavy (non-hydrogen) atoms. The molecule has 0 unspecified atom stereocenters. The number of Topliss-reactive ketones (excluding diaryl/α,β-unsaturated/α-hetero) is 1. The standard InChI is InChI=1S/C13H11IOS/c1-9-6-7-16-13(9)12(15)8-10-2-4-11(14)5-3-10/h2-7H,8H2,1H3. The molecule has 1 heterocycles. The molecule has 0 N–H and O–H groups in total. The van der Waals surface area contributed by atoms with Gasteiger partial charge in [-0.25, -0.2) is 0 Å². The summed E-state index contributed by atoms with van der Waals surface area (Å²) in [4.78, 5) is 12.9. The van der Waals surface area contributed by atoms with Crippen molar-refractivity contribution in [3.8, 4) is 0 Å². The quantitative estimate of drug-likeness (QED) is 0.607. The molecular formula is C13H11IOS. The highest BCUT2D eigenvalue weighted by molar-refractivity contribution is 14.1. The van der Waals surface area contributed by atoms with Gasteiger partial charge in [0.2, 0.25) is 0 Å². The zero-order valence-electron chi connectivity index (χ0n) is 8.87. The number of ketones is 1. The van der Waals surface area contributed by atoms with E-state index in [1.54, 1.807) is 0 Å². The zero-order valence-corrected chi connectivity index (χ0v) is 11.8. The first-order chi connectivity index (χ1) is 7.66. The molecule has 1 aromatic heterocycles. The predicted octanol–water partition coefficient (Wildman–Crippen LogP) is 4.09. The topological polar surface area (TPSA) is 17.1 Å². The number of hydrogen-bond acceptors (Lipinski definition) is 2. The van der Waals surface area contributed by atoms with Crippen LogP contribution in [0.3, 0.4) is 0 Å². The van der Waals surface area contributed by atoms with Crippen molar-refractivity contribution in [2.45, 2.75) is 13.3 Å². The third kappa shape index (κ3) is 2.71. The van der Waals surface area contributed by atoms with Crippen molar-refractivity contribution < 1.29 is 4.79 Å². The van der Waals surface area contributed by atoms with E-state index in [4.69, 9.17) is 0 Å². The summed E-state index contributed by atoms with van der Waals surface area (Å²) < 4.78 is 1.20. The molecule has 82 valence electrons. The first-order valence-electron chi connectivity index (χ1n) is 4.98. The lowest BCUT2D eigenvalue weighted by Gasteiger charge is -2.00. The molecule has 0 bridgehead atoms. The van der Waals surface area contributed by atoms with Crippen LogP contribution < -0.4 is 0 Å². The van der Waals surface area contributed by atoms with E-state index in [-0.39, 0.29) is 5.78 Å². The minimum atomic E-state index is 0.216. The van der Waals surface area contributed by atoms with Gasteiger partial charge in [-0.1, -0.05) is 12.1 Å². The van der Waals surface area contributed by atoms with Crippen LogP contribution in [-0.4, -0.2) is 5.78 Å². The van der Waals surface area contributed by atoms with E-state index < -0.39 is 0 Å². The van der Waals surface area contributed by atoms with Crippen molar-refractivity contribution in [1.29, 1.82) is 0 Å². The van der Waals surface area contributed by atoms with Gasteiger partial charge in [0.05, 0.1) is 4.88 Å². The number of benzene rings is 1. The Morgan fingerprint density at radius 3 is 2.50 bits per heavy atom. The van der Waals surface area contributed by atoms with E-state index in [1.165, 1.54) is 14.9 Å². The van der Waals surface area contributed by atoms with Crippen LogP contribution in [0.25, 0.3) is 0 Å². The first-order valence-corrected chi connectivity index (χ1v) is 6.94. The zero-order chi connectivity index (χ0) is 11.5. The monoisotopic (exact) mass is 342 g/mol. The van der Waals surface area contributed by atoms with E-state index in [1.807, 2.05) is 42.6 Å². The summed E-state index contributed by atoms with van der Waals surface area (Å²) in [6.45, 7) is 1.98. The van der Waals surface area contributed by atoms with E-state index >= 15 is 0 Å². The summed E-state index contributed by atoms with van der Waals surface area (Å²) in [5.41, 5.74) is 2.17. The van der Waals surface area contributed by atoms with Gasteiger partial charge >= 0.3 is 0 Å². The van der Waals surface area contributed by atoms with Crippen LogP contribution in [0.5, 0.6) is 0 Å². The SMILES string of the molecule is Cc1ccsc1C(=O)Cc1ccc(I)cc1. The smallest absolute Gasteiger partial charge is 0.177 e. The maximum atomic E-state index is 12.0. The summed E-state index contributed by atoms with van der Waals surface area (Å²) in [5, 5.41) is 1.97. The van der Waals surface area contributed by atoms with Crippen molar-refractivity contribution in [2.24, 2.45) is 0 Å². The Morgan fingerprint density at radius 1 is 1.25 bits per heavy atom. The second-order valence-electron chi connectivity index (χ2n) is 3.66. The lowest BCUT2D eigenvalue weighted by Crippen LogP contribution is -2.02. The molecule has 2 aromatic rings. The molecule has 0 fully saturated rings. The van der Waals surface area contributed by atoms with Crippen molar-refractivity contribution in [2.75, 3.05) is 0 Å². The lowest BCUT2D eigenvalue weighted by molar-refractivity contribution is 0.0996. The van der Waals surface area contributed by atoms with Gasteiger partial charge in [-0.05, 0) is 64.2 Å². The number of thiophene rings is 1. The maximum absolute atomic E-state index is 12.0. The van der Waals surface area contributed by atoms with Gasteiger partial charge in [-0.3, -0.25) is 4.79 Å². The molecule has 0 amide bonds. The van der Waals surface area contributed by atoms with Crippen LogP contribution in [-0.2, 0) is 6.42 Å². The summed E-state index contributed by atoms with van der Waals surface area (Å²) in [7, 11) is 0. The van der Waals surface area contributed by atoms with Gasteiger partial charge in [-0.2, -0.15) is 0 Å². The number of rotatable bonds is 3. The summed E-state index contributed by atoms with van der Waals surface area (Å²) in [6.07, 6.45) is 0.498. The molecule has 1 aromatic carbocycles. The molecule has 1 nitrogen and oxygen atoms in total. The highest BCUT2D eigenvalue weighted by Crippen LogP contribution is 2.18. The molecule has 3 heteroatoms. The summed E-state index contributed by atoms with van der Waals surface area (Å²) >= 11 is 3.79. The summed E-state index contributed by atoms with van der Waals surface area (Å²) in [5.74, 6) is 0.216. The fourth-order valence-electron chi connectivity index (χ4n) is 1.53. The van der Waals surface area contributed by atoms with E-state index in [0.29, 0.717) is 6.42 Å². The van der Waals surface area contributed by atoms with Crippen LogP contribution in [0, 0.1) is 10.5 Å². The number of hydrogen-bond donors (Lipinski definition) is 0. The largest absolute Gasteiger partial charge is 0.293 e. The fraction of sp³-hybridized carbons (Fsp3) is 0.154. The van der Waals surface area contributed by atoms with Crippen molar-refractivity contribution in [3.05, 3.63) is 55.3 Å². The van der Waals surface area contributed by atoms with Crippen LogP contribution >= 0.6 is 33.9 Å². The summed E-state index contributed by atoms with van der Waals surface area (Å²) in [6, 6.07) is 10.1. The molecule has 0 radical (unpaired) electrons. The lowest BCUT2D eigenvalue weighted by atomic mass is 10.1. The van der Waals surface area contributed by atoms with Gasteiger partial charge in [-0.15, -0.1) is 11.3 Å². The molecule has 0 aliphatic carbocycles. The van der Waals surface area contributed by atoms with E-state index in [9.17, 15) is 4.79 Å². The van der Waals surface area contributed by atoms with Gasteiger partial charge in [0.25, 0.3) is 0 Å². The van der Waals surface area contributed by atoms with Crippen LogP contribution in [0.1, 0.15) is 20.8 Å². The normalized spacial score (nSPS) is 10.4. The van der Waals surface area contributed by atoms with Gasteiger partial charge in [0, 0.05) is 9.99 Å². The van der Waals surface area contributed by atoms with E-state index in [2.05, 4.69) is 22.6 Å². The van der Waals surface area contributed by atoms with Crippen LogP contribution in [0.2, 0.25) is 0 Å². The Morgan fingerprint density at radius 2 is 1.94 bits per heavy atom.